The average molecular weight is 244 g/mol. The second-order valence-electron chi connectivity index (χ2n) is 6.20. The van der Waals surface area contributed by atoms with Crippen molar-refractivity contribution < 1.29 is 10.2 Å². The number of aliphatic hydroxyl groups excluding tert-OH is 2. The van der Waals surface area contributed by atoms with Gasteiger partial charge in [0.25, 0.3) is 0 Å². The summed E-state index contributed by atoms with van der Waals surface area (Å²) in [5.41, 5.74) is 0. The van der Waals surface area contributed by atoms with Crippen LogP contribution in [-0.2, 0) is 0 Å². The topological polar surface area (TPSA) is 40.5 Å². The average Bonchev–Trinajstić information content (AvgIpc) is 2.16. The minimum atomic E-state index is -0.0833. The van der Waals surface area contributed by atoms with Gasteiger partial charge in [-0.25, -0.2) is 0 Å². The van der Waals surface area contributed by atoms with Crippen molar-refractivity contribution in [1.82, 2.24) is 0 Å². The van der Waals surface area contributed by atoms with Gasteiger partial charge in [-0.2, -0.15) is 0 Å². The SMILES string of the molecule is CC(C)CC(O)CC(C)C.OC1CCCCC1. The van der Waals surface area contributed by atoms with Gasteiger partial charge in [0.2, 0.25) is 0 Å². The van der Waals surface area contributed by atoms with E-state index in [9.17, 15) is 5.11 Å². The molecule has 0 aliphatic heterocycles. The quantitative estimate of drug-likeness (QED) is 0.790. The smallest absolute Gasteiger partial charge is 0.0545 e. The first kappa shape index (κ1) is 16.9. The lowest BCUT2D eigenvalue weighted by atomic mass is 9.98. The molecule has 2 heteroatoms. The van der Waals surface area contributed by atoms with Crippen molar-refractivity contribution in [2.45, 2.75) is 84.8 Å². The van der Waals surface area contributed by atoms with Gasteiger partial charge in [-0.15, -0.1) is 0 Å². The summed E-state index contributed by atoms with van der Waals surface area (Å²) in [6, 6.07) is 0. The highest BCUT2D eigenvalue weighted by Crippen LogP contribution is 2.16. The Labute approximate surface area is 107 Å². The molecule has 0 aromatic carbocycles. The van der Waals surface area contributed by atoms with Crippen molar-refractivity contribution in [2.24, 2.45) is 11.8 Å². The second kappa shape index (κ2) is 9.90. The van der Waals surface area contributed by atoms with E-state index < -0.39 is 0 Å². The Morgan fingerprint density at radius 1 is 0.882 bits per heavy atom. The minimum Gasteiger partial charge on any atom is -0.393 e. The molecule has 1 aliphatic carbocycles. The summed E-state index contributed by atoms with van der Waals surface area (Å²) in [6.07, 6.45) is 7.73. The first-order valence-electron chi connectivity index (χ1n) is 7.28. The molecular formula is C15H32O2. The van der Waals surface area contributed by atoms with Crippen LogP contribution < -0.4 is 0 Å². The summed E-state index contributed by atoms with van der Waals surface area (Å²) in [5, 5.41) is 18.3. The Morgan fingerprint density at radius 3 is 1.53 bits per heavy atom. The zero-order valence-corrected chi connectivity index (χ0v) is 12.2. The summed E-state index contributed by atoms with van der Waals surface area (Å²) >= 11 is 0. The number of aliphatic hydroxyl groups is 2. The van der Waals surface area contributed by atoms with Gasteiger partial charge >= 0.3 is 0 Å². The fraction of sp³-hybridized carbons (Fsp3) is 1.00. The van der Waals surface area contributed by atoms with Crippen molar-refractivity contribution in [1.29, 1.82) is 0 Å². The Bertz CT molecular complexity index is 150. The zero-order chi connectivity index (χ0) is 13.3. The van der Waals surface area contributed by atoms with Gasteiger partial charge in [0.15, 0.2) is 0 Å². The van der Waals surface area contributed by atoms with E-state index in [0.717, 1.165) is 25.7 Å². The van der Waals surface area contributed by atoms with E-state index in [4.69, 9.17) is 5.11 Å². The van der Waals surface area contributed by atoms with Crippen LogP contribution in [0.15, 0.2) is 0 Å². The maximum atomic E-state index is 9.39. The summed E-state index contributed by atoms with van der Waals surface area (Å²) < 4.78 is 0. The summed E-state index contributed by atoms with van der Waals surface area (Å²) in [5.74, 6) is 1.24. The third-order valence-corrected chi connectivity index (χ3v) is 3.06. The highest BCUT2D eigenvalue weighted by molar-refractivity contribution is 4.61. The molecule has 1 aliphatic rings. The summed E-state index contributed by atoms with van der Waals surface area (Å²) in [4.78, 5) is 0. The van der Waals surface area contributed by atoms with Gasteiger partial charge in [0.05, 0.1) is 12.2 Å². The van der Waals surface area contributed by atoms with Crippen LogP contribution in [0.25, 0.3) is 0 Å². The monoisotopic (exact) mass is 244 g/mol. The summed E-state index contributed by atoms with van der Waals surface area (Å²) in [6.45, 7) is 8.57. The van der Waals surface area contributed by atoms with Crippen LogP contribution in [0.5, 0.6) is 0 Å². The van der Waals surface area contributed by atoms with Crippen LogP contribution in [0.3, 0.4) is 0 Å². The first-order valence-corrected chi connectivity index (χ1v) is 7.28. The van der Waals surface area contributed by atoms with Crippen LogP contribution >= 0.6 is 0 Å². The number of hydrogen-bond acceptors (Lipinski definition) is 2. The van der Waals surface area contributed by atoms with Crippen LogP contribution in [0.2, 0.25) is 0 Å². The maximum absolute atomic E-state index is 9.39. The molecule has 0 heterocycles. The summed E-state index contributed by atoms with van der Waals surface area (Å²) in [7, 11) is 0. The van der Waals surface area contributed by atoms with E-state index in [2.05, 4.69) is 27.7 Å². The van der Waals surface area contributed by atoms with Crippen molar-refractivity contribution in [3.8, 4) is 0 Å². The molecule has 0 aromatic rings. The van der Waals surface area contributed by atoms with E-state index in [-0.39, 0.29) is 12.2 Å². The van der Waals surface area contributed by atoms with Gasteiger partial charge < -0.3 is 10.2 Å². The maximum Gasteiger partial charge on any atom is 0.0545 e. The molecule has 0 saturated heterocycles. The van der Waals surface area contributed by atoms with Crippen molar-refractivity contribution >= 4 is 0 Å². The molecule has 0 aromatic heterocycles. The van der Waals surface area contributed by atoms with Crippen molar-refractivity contribution in [2.75, 3.05) is 0 Å². The van der Waals surface area contributed by atoms with Crippen molar-refractivity contribution in [3.05, 3.63) is 0 Å². The van der Waals surface area contributed by atoms with Crippen molar-refractivity contribution in [3.63, 3.8) is 0 Å². The van der Waals surface area contributed by atoms with Gasteiger partial charge in [0, 0.05) is 0 Å². The van der Waals surface area contributed by atoms with Gasteiger partial charge in [0.1, 0.15) is 0 Å². The number of rotatable bonds is 4. The van der Waals surface area contributed by atoms with Crippen LogP contribution in [0, 0.1) is 11.8 Å². The van der Waals surface area contributed by atoms with Crippen LogP contribution in [0.4, 0.5) is 0 Å². The first-order chi connectivity index (χ1) is 7.91. The fourth-order valence-corrected chi connectivity index (χ4v) is 2.27. The Morgan fingerprint density at radius 2 is 1.29 bits per heavy atom. The Balaban J connectivity index is 0.000000318. The molecule has 0 unspecified atom stereocenters. The van der Waals surface area contributed by atoms with Gasteiger partial charge in [-0.1, -0.05) is 47.0 Å². The molecule has 104 valence electrons. The van der Waals surface area contributed by atoms with E-state index >= 15 is 0 Å². The molecule has 0 spiro atoms. The molecule has 0 radical (unpaired) electrons. The normalized spacial score (nSPS) is 17.5. The lowest BCUT2D eigenvalue weighted by Crippen LogP contribution is -2.12. The third-order valence-electron chi connectivity index (χ3n) is 3.06. The van der Waals surface area contributed by atoms with Gasteiger partial charge in [-0.3, -0.25) is 0 Å². The molecular weight excluding hydrogens is 212 g/mol. The van der Waals surface area contributed by atoms with E-state index in [1.807, 2.05) is 0 Å². The molecule has 1 saturated carbocycles. The van der Waals surface area contributed by atoms with Crippen LogP contribution in [-0.4, -0.2) is 22.4 Å². The predicted molar refractivity (Wildman–Crippen MR) is 74.0 cm³/mol. The molecule has 1 rings (SSSR count). The Hall–Kier alpha value is -0.0800. The molecule has 0 bridgehead atoms. The van der Waals surface area contributed by atoms with Gasteiger partial charge in [-0.05, 0) is 37.5 Å². The molecule has 2 N–H and O–H groups in total. The lowest BCUT2D eigenvalue weighted by Gasteiger charge is -2.14. The van der Waals surface area contributed by atoms with Crippen LogP contribution in [0.1, 0.15) is 72.6 Å². The fourth-order valence-electron chi connectivity index (χ4n) is 2.27. The zero-order valence-electron chi connectivity index (χ0n) is 12.2. The van der Waals surface area contributed by atoms with E-state index in [1.165, 1.54) is 19.3 Å². The second-order valence-corrected chi connectivity index (χ2v) is 6.20. The molecule has 2 nitrogen and oxygen atoms in total. The van der Waals surface area contributed by atoms with E-state index in [0.29, 0.717) is 11.8 Å². The number of hydrogen-bond donors (Lipinski definition) is 2. The highest BCUT2D eigenvalue weighted by atomic mass is 16.3. The molecule has 1 fully saturated rings. The Kier molecular flexibility index (Phi) is 9.85. The molecule has 0 amide bonds. The van der Waals surface area contributed by atoms with E-state index in [1.54, 1.807) is 0 Å². The molecule has 17 heavy (non-hydrogen) atoms. The largest absolute Gasteiger partial charge is 0.393 e. The third kappa shape index (κ3) is 12.2. The predicted octanol–water partition coefficient (Wildman–Crippen LogP) is 3.75. The standard InChI is InChI=1S/C9H20O.C6H12O/c1-7(2)5-9(10)6-8(3)4;7-6-4-2-1-3-5-6/h7-10H,5-6H2,1-4H3;6-7H,1-5H2. The highest BCUT2D eigenvalue weighted by Gasteiger charge is 2.08. The minimum absolute atomic E-state index is 0.0359. The lowest BCUT2D eigenvalue weighted by molar-refractivity contribution is 0.125. The molecule has 0 atom stereocenters.